The molecule has 3 aliphatic rings. The maximum Gasteiger partial charge on any atom is 0.407 e. The molecule has 2 amide bonds. The van der Waals surface area contributed by atoms with Gasteiger partial charge in [0.15, 0.2) is 0 Å². The van der Waals surface area contributed by atoms with E-state index in [0.717, 1.165) is 82.9 Å². The molecule has 0 bridgehead atoms. The number of nitrogens with one attached hydrogen (secondary N) is 2. The van der Waals surface area contributed by atoms with Crippen LogP contribution in [0, 0.1) is 5.82 Å². The average molecular weight is 731 g/mol. The Kier molecular flexibility index (Phi) is 13.0. The summed E-state index contributed by atoms with van der Waals surface area (Å²) in [5, 5.41) is 5.96. The van der Waals surface area contributed by atoms with Crippen LogP contribution in [-0.4, -0.2) is 109 Å². The molecule has 0 atom stereocenters. The monoisotopic (exact) mass is 730 g/mol. The van der Waals surface area contributed by atoms with E-state index < -0.39 is 23.4 Å². The van der Waals surface area contributed by atoms with Gasteiger partial charge in [-0.25, -0.2) is 14.2 Å². The van der Waals surface area contributed by atoms with Crippen molar-refractivity contribution in [1.29, 1.82) is 0 Å². The van der Waals surface area contributed by atoms with Gasteiger partial charge in [0.05, 0.1) is 19.4 Å². The van der Waals surface area contributed by atoms with Crippen LogP contribution in [-0.2, 0) is 22.6 Å². The van der Waals surface area contributed by atoms with Crippen LogP contribution in [0.5, 0.6) is 11.6 Å². The standard InChI is InChI=1S/C41H55FN6O5/c1-41(2,3)53-40(50)45-34-12-10-33(11-13-34)44-38(49)37-25-32(42)26-43-39(37)52-35-8-5-7-30(24-35)36-14-9-29(27-47-16-6-15-46(4)17-18-47)23-31(36)28-48-19-21-51-22-20-48/h5,7-9,14,23-26,33-34H,6,10-13,15-22,27-28H2,1-4H3,(H,44,49)(H,45,50). The fraction of sp³-hybridized carbons (Fsp3) is 0.537. The summed E-state index contributed by atoms with van der Waals surface area (Å²) in [6, 6.07) is 15.5. The number of ether oxygens (including phenoxy) is 3. The Balaban J connectivity index is 1.15. The molecule has 11 nitrogen and oxygen atoms in total. The Morgan fingerprint density at radius 1 is 0.887 bits per heavy atom. The van der Waals surface area contributed by atoms with E-state index in [1.807, 2.05) is 39.0 Å². The summed E-state index contributed by atoms with van der Waals surface area (Å²) in [5.41, 5.74) is 4.09. The van der Waals surface area contributed by atoms with Crippen LogP contribution in [0.1, 0.15) is 74.4 Å². The van der Waals surface area contributed by atoms with Crippen LogP contribution in [0.15, 0.2) is 54.7 Å². The van der Waals surface area contributed by atoms with Gasteiger partial charge in [0, 0.05) is 51.4 Å². The van der Waals surface area contributed by atoms with Crippen molar-refractivity contribution in [2.75, 3.05) is 59.5 Å². The number of hydrogen-bond donors (Lipinski definition) is 2. The smallest absolute Gasteiger partial charge is 0.407 e. The lowest BCUT2D eigenvalue weighted by atomic mass is 9.91. The highest BCUT2D eigenvalue weighted by atomic mass is 19.1. The normalized spacial score (nSPS) is 20.7. The number of amides is 2. The number of nitrogens with zero attached hydrogens (tertiary/aromatic N) is 4. The van der Waals surface area contributed by atoms with Gasteiger partial charge in [0.25, 0.3) is 5.91 Å². The maximum atomic E-state index is 14.5. The molecule has 0 unspecified atom stereocenters. The zero-order chi connectivity index (χ0) is 37.4. The minimum Gasteiger partial charge on any atom is -0.444 e. The molecule has 2 aliphatic heterocycles. The molecular formula is C41H55FN6O5. The summed E-state index contributed by atoms with van der Waals surface area (Å²) in [5.74, 6) is -0.541. The van der Waals surface area contributed by atoms with Gasteiger partial charge in [0.1, 0.15) is 22.7 Å². The van der Waals surface area contributed by atoms with Crippen LogP contribution in [0.25, 0.3) is 11.1 Å². The highest BCUT2D eigenvalue weighted by Gasteiger charge is 2.27. The Morgan fingerprint density at radius 3 is 2.38 bits per heavy atom. The molecule has 2 saturated heterocycles. The van der Waals surface area contributed by atoms with E-state index >= 15 is 0 Å². The van der Waals surface area contributed by atoms with Gasteiger partial charge in [-0.1, -0.05) is 30.3 Å². The van der Waals surface area contributed by atoms with Crippen molar-refractivity contribution in [1.82, 2.24) is 30.3 Å². The second-order valence-electron chi connectivity index (χ2n) is 15.6. The van der Waals surface area contributed by atoms with Gasteiger partial charge in [-0.15, -0.1) is 0 Å². The first-order valence-corrected chi connectivity index (χ1v) is 19.0. The molecule has 0 spiro atoms. The highest BCUT2D eigenvalue weighted by Crippen LogP contribution is 2.32. The Morgan fingerprint density at radius 2 is 1.62 bits per heavy atom. The quantitative estimate of drug-likeness (QED) is 0.252. The third-order valence-electron chi connectivity index (χ3n) is 10.1. The lowest BCUT2D eigenvalue weighted by Gasteiger charge is -2.30. The third-order valence-corrected chi connectivity index (χ3v) is 10.1. The zero-order valence-corrected chi connectivity index (χ0v) is 31.7. The molecule has 286 valence electrons. The Labute approximate surface area is 313 Å². The first kappa shape index (κ1) is 38.6. The summed E-state index contributed by atoms with van der Waals surface area (Å²) in [7, 11) is 2.19. The van der Waals surface area contributed by atoms with Crippen molar-refractivity contribution in [2.45, 2.75) is 83.6 Å². The minimum absolute atomic E-state index is 0.0291. The number of rotatable bonds is 10. The topological polar surface area (TPSA) is 109 Å². The van der Waals surface area contributed by atoms with E-state index in [-0.39, 0.29) is 23.5 Å². The van der Waals surface area contributed by atoms with Crippen molar-refractivity contribution in [2.24, 2.45) is 0 Å². The molecule has 3 fully saturated rings. The van der Waals surface area contributed by atoms with Gasteiger partial charge in [-0.3, -0.25) is 14.6 Å². The number of likely N-dealkylation sites (N-methyl/N-ethyl adjacent to an activating group) is 1. The molecule has 1 aromatic heterocycles. The fourth-order valence-corrected chi connectivity index (χ4v) is 7.30. The SMILES string of the molecule is CN1CCCN(Cc2ccc(-c3cccc(Oc4ncc(F)cc4C(=O)NC4CCC(NC(=O)OC(C)(C)C)CC4)c3)c(CN3CCOCC3)c2)CC1. The molecule has 0 radical (unpaired) electrons. The lowest BCUT2D eigenvalue weighted by molar-refractivity contribution is 0.0342. The van der Waals surface area contributed by atoms with Crippen LogP contribution in [0.4, 0.5) is 9.18 Å². The first-order chi connectivity index (χ1) is 25.5. The predicted octanol–water partition coefficient (Wildman–Crippen LogP) is 6.22. The van der Waals surface area contributed by atoms with Crippen LogP contribution < -0.4 is 15.4 Å². The van der Waals surface area contributed by atoms with Crippen molar-refractivity contribution in [3.05, 3.63) is 77.2 Å². The van der Waals surface area contributed by atoms with E-state index in [4.69, 9.17) is 14.2 Å². The molecule has 2 aromatic carbocycles. The molecular weight excluding hydrogens is 675 g/mol. The molecule has 53 heavy (non-hydrogen) atoms. The van der Waals surface area contributed by atoms with E-state index in [9.17, 15) is 14.0 Å². The number of halogens is 1. The molecule has 6 rings (SSSR count). The molecule has 3 heterocycles. The Hall–Kier alpha value is -4.10. The largest absolute Gasteiger partial charge is 0.444 e. The van der Waals surface area contributed by atoms with Crippen LogP contribution >= 0.6 is 0 Å². The number of carbonyl (C=O) groups is 2. The molecule has 3 aromatic rings. The van der Waals surface area contributed by atoms with Gasteiger partial charge in [-0.2, -0.15) is 0 Å². The van der Waals surface area contributed by atoms with Crippen LogP contribution in [0.2, 0.25) is 0 Å². The first-order valence-electron chi connectivity index (χ1n) is 19.0. The van der Waals surface area contributed by atoms with Crippen molar-refractivity contribution < 1.29 is 28.2 Å². The van der Waals surface area contributed by atoms with Crippen molar-refractivity contribution in [3.8, 4) is 22.8 Å². The van der Waals surface area contributed by atoms with Crippen LogP contribution in [0.3, 0.4) is 0 Å². The summed E-state index contributed by atoms with van der Waals surface area (Å²) in [6.45, 7) is 14.8. The fourth-order valence-electron chi connectivity index (χ4n) is 7.30. The average Bonchev–Trinajstić information content (AvgIpc) is 3.33. The van der Waals surface area contributed by atoms with Gasteiger partial charge >= 0.3 is 6.09 Å². The van der Waals surface area contributed by atoms with E-state index in [0.29, 0.717) is 31.4 Å². The molecule has 12 heteroatoms. The number of hydrogen-bond acceptors (Lipinski definition) is 9. The van der Waals surface area contributed by atoms with Crippen molar-refractivity contribution >= 4 is 12.0 Å². The lowest BCUT2D eigenvalue weighted by Crippen LogP contribution is -2.45. The number of aromatic nitrogens is 1. The highest BCUT2D eigenvalue weighted by molar-refractivity contribution is 5.96. The molecule has 1 saturated carbocycles. The second-order valence-corrected chi connectivity index (χ2v) is 15.6. The number of pyridine rings is 1. The number of morpholine rings is 1. The van der Waals surface area contributed by atoms with Gasteiger partial charge in [-0.05, 0) is 113 Å². The summed E-state index contributed by atoms with van der Waals surface area (Å²) >= 11 is 0. The molecule has 2 N–H and O–H groups in total. The van der Waals surface area contributed by atoms with Gasteiger partial charge in [0.2, 0.25) is 5.88 Å². The Bertz CT molecular complexity index is 1700. The number of benzene rings is 2. The maximum absolute atomic E-state index is 14.5. The predicted molar refractivity (Wildman–Crippen MR) is 203 cm³/mol. The molecule has 1 aliphatic carbocycles. The van der Waals surface area contributed by atoms with E-state index in [1.165, 1.54) is 23.6 Å². The second kappa shape index (κ2) is 17.8. The van der Waals surface area contributed by atoms with E-state index in [2.05, 4.69) is 61.6 Å². The summed E-state index contributed by atoms with van der Waals surface area (Å²) in [4.78, 5) is 37.3. The number of alkyl carbamates (subject to hydrolysis) is 1. The summed E-state index contributed by atoms with van der Waals surface area (Å²) < 4.78 is 31.7. The number of carbonyl (C=O) groups excluding carboxylic acids is 2. The van der Waals surface area contributed by atoms with Crippen molar-refractivity contribution in [3.63, 3.8) is 0 Å². The third kappa shape index (κ3) is 11.4. The van der Waals surface area contributed by atoms with E-state index in [1.54, 1.807) is 0 Å². The van der Waals surface area contributed by atoms with Gasteiger partial charge < -0.3 is 29.7 Å². The minimum atomic E-state index is -0.624. The zero-order valence-electron chi connectivity index (χ0n) is 31.7. The summed E-state index contributed by atoms with van der Waals surface area (Å²) in [6.07, 6.45) is 4.49.